The Bertz CT molecular complexity index is 2730. The second-order valence-corrected chi connectivity index (χ2v) is 21.4. The van der Waals surface area contributed by atoms with Gasteiger partial charge in [0, 0.05) is 61.1 Å². The lowest BCUT2D eigenvalue weighted by molar-refractivity contribution is -0.384. The molecule has 348 valence electrons. The van der Waals surface area contributed by atoms with Crippen LogP contribution in [-0.4, -0.2) is 94.7 Å². The topological polar surface area (TPSA) is 205 Å². The van der Waals surface area contributed by atoms with Crippen LogP contribution in [0.25, 0.3) is 11.0 Å². The molecule has 2 aliphatic heterocycles. The zero-order valence-corrected chi connectivity index (χ0v) is 38.3. The Kier molecular flexibility index (Phi) is 11.8. The number of carbonyl (C=O) groups is 1. The van der Waals surface area contributed by atoms with E-state index in [-0.39, 0.29) is 34.5 Å². The van der Waals surface area contributed by atoms with Crippen molar-refractivity contribution in [1.82, 2.24) is 24.6 Å². The molecule has 4 N–H and O–H groups in total. The van der Waals surface area contributed by atoms with Crippen LogP contribution in [0.3, 0.4) is 0 Å². The molecule has 16 nitrogen and oxygen atoms in total. The number of ether oxygens (including phenoxy) is 2. The molecular formula is C49H58N8O8S. The highest BCUT2D eigenvalue weighted by Gasteiger charge is 2.51. The molecule has 2 saturated heterocycles. The van der Waals surface area contributed by atoms with E-state index in [1.807, 2.05) is 6.07 Å². The maximum Gasteiger partial charge on any atom is 0.312 e. The maximum absolute atomic E-state index is 14.0. The molecule has 1 unspecified atom stereocenters. The number of sulfonamides is 1. The molecule has 3 saturated carbocycles. The van der Waals surface area contributed by atoms with Crippen LogP contribution in [0, 0.1) is 21.4 Å². The van der Waals surface area contributed by atoms with Gasteiger partial charge in [0.05, 0.1) is 47.7 Å². The van der Waals surface area contributed by atoms with E-state index in [4.69, 9.17) is 9.47 Å². The number of aliphatic hydroxyl groups is 1. The van der Waals surface area contributed by atoms with Gasteiger partial charge in [-0.05, 0) is 131 Å². The third-order valence-corrected chi connectivity index (χ3v) is 16.3. The minimum atomic E-state index is -4.63. The first-order valence-electron chi connectivity index (χ1n) is 23.3. The number of fused-ring (bicyclic) bond motifs is 1. The molecular weight excluding hydrogens is 861 g/mol. The number of rotatable bonds is 13. The third-order valence-electron chi connectivity index (χ3n) is 15.0. The summed E-state index contributed by atoms with van der Waals surface area (Å²) in [6.07, 6.45) is 13.9. The van der Waals surface area contributed by atoms with Crippen molar-refractivity contribution in [1.29, 1.82) is 0 Å². The van der Waals surface area contributed by atoms with Crippen molar-refractivity contribution in [3.05, 3.63) is 106 Å². The van der Waals surface area contributed by atoms with Crippen molar-refractivity contribution in [2.24, 2.45) is 11.3 Å². The highest BCUT2D eigenvalue weighted by Crippen LogP contribution is 2.54. The number of amides is 1. The molecule has 5 heterocycles. The van der Waals surface area contributed by atoms with Crippen LogP contribution < -0.4 is 19.7 Å². The summed E-state index contributed by atoms with van der Waals surface area (Å²) < 4.78 is 42.1. The number of nitro groups is 1. The minimum absolute atomic E-state index is 0.0449. The lowest BCUT2D eigenvalue weighted by Gasteiger charge is -2.59. The average molecular weight is 919 g/mol. The molecule has 66 heavy (non-hydrogen) atoms. The Hall–Kier alpha value is -5.62. The van der Waals surface area contributed by atoms with Gasteiger partial charge >= 0.3 is 5.69 Å². The smallest absolute Gasteiger partial charge is 0.312 e. The van der Waals surface area contributed by atoms with Gasteiger partial charge in [-0.15, -0.1) is 0 Å². The van der Waals surface area contributed by atoms with E-state index >= 15 is 0 Å². The van der Waals surface area contributed by atoms with Gasteiger partial charge in [-0.3, -0.25) is 19.8 Å². The summed E-state index contributed by atoms with van der Waals surface area (Å²) in [6, 6.07) is 19.7. The average Bonchev–Trinajstić information content (AvgIpc) is 4.04. The first kappa shape index (κ1) is 44.2. The van der Waals surface area contributed by atoms with Crippen molar-refractivity contribution in [3.63, 3.8) is 0 Å². The first-order chi connectivity index (χ1) is 31.7. The van der Waals surface area contributed by atoms with E-state index in [2.05, 4.69) is 66.0 Å². The number of nitrogens with zero attached hydrogens (tertiary/aromatic N) is 5. The van der Waals surface area contributed by atoms with Gasteiger partial charge < -0.3 is 29.8 Å². The zero-order valence-electron chi connectivity index (χ0n) is 37.4. The zero-order chi connectivity index (χ0) is 45.8. The molecule has 10 rings (SSSR count). The number of pyridine rings is 2. The fourth-order valence-corrected chi connectivity index (χ4v) is 11.9. The number of H-pyrrole nitrogens is 1. The summed E-state index contributed by atoms with van der Waals surface area (Å²) in [5.74, 6) is 0.275. The Balaban J connectivity index is 0.840. The molecule has 1 spiro atoms. The van der Waals surface area contributed by atoms with Crippen molar-refractivity contribution in [2.75, 3.05) is 43.1 Å². The number of morpholine rings is 1. The number of hydrogen-bond donors (Lipinski definition) is 4. The Morgan fingerprint density at radius 1 is 0.985 bits per heavy atom. The SMILES string of the molecule is CC1COC[C@H](c2ccccc2C2CC2)N1C1CC2(CCN(c3ccc(C(=O)NS(=O)(=O)c4cnc(NCC5CCC(C)(O)CC5)c([N+](=O)[O-])c4)c(Oc4cnc5[nH]ccc5c4)c3)CC2)C1. The molecule has 5 fully saturated rings. The molecule has 5 aliphatic rings. The predicted octanol–water partition coefficient (Wildman–Crippen LogP) is 8.22. The number of hydrogen-bond acceptors (Lipinski definition) is 13. The lowest BCUT2D eigenvalue weighted by atomic mass is 9.59. The van der Waals surface area contributed by atoms with Crippen molar-refractivity contribution in [2.45, 2.75) is 113 Å². The van der Waals surface area contributed by atoms with E-state index in [1.165, 1.54) is 30.2 Å². The van der Waals surface area contributed by atoms with Gasteiger partial charge in [0.15, 0.2) is 0 Å². The number of aromatic amines is 1. The summed E-state index contributed by atoms with van der Waals surface area (Å²) >= 11 is 0. The van der Waals surface area contributed by atoms with Crippen molar-refractivity contribution < 1.29 is 32.7 Å². The highest BCUT2D eigenvalue weighted by molar-refractivity contribution is 7.90. The number of aromatic nitrogens is 3. The number of nitrogens with one attached hydrogen (secondary N) is 3. The molecule has 5 aromatic rings. The van der Waals surface area contributed by atoms with Crippen molar-refractivity contribution >= 4 is 44.2 Å². The van der Waals surface area contributed by atoms with E-state index in [1.54, 1.807) is 37.4 Å². The summed E-state index contributed by atoms with van der Waals surface area (Å²) in [6.45, 7) is 7.58. The normalized spacial score (nSPS) is 24.8. The van der Waals surface area contributed by atoms with Crippen LogP contribution in [0.15, 0.2) is 84.1 Å². The monoisotopic (exact) mass is 918 g/mol. The van der Waals surface area contributed by atoms with Gasteiger partial charge in [-0.2, -0.15) is 0 Å². The van der Waals surface area contributed by atoms with E-state index < -0.39 is 37.0 Å². The van der Waals surface area contributed by atoms with Gasteiger partial charge in [-0.1, -0.05) is 24.3 Å². The van der Waals surface area contributed by atoms with E-state index in [0.29, 0.717) is 48.8 Å². The van der Waals surface area contributed by atoms with Crippen LogP contribution in [0.4, 0.5) is 17.2 Å². The number of carbonyl (C=O) groups excluding carboxylic acids is 1. The quantitative estimate of drug-likeness (QED) is 0.0650. The number of piperidine rings is 1. The maximum atomic E-state index is 14.0. The Labute approximate surface area is 384 Å². The Morgan fingerprint density at radius 2 is 1.74 bits per heavy atom. The largest absolute Gasteiger partial charge is 0.455 e. The number of anilines is 2. The molecule has 2 atom stereocenters. The second-order valence-electron chi connectivity index (χ2n) is 19.7. The molecule has 0 radical (unpaired) electrons. The summed E-state index contributed by atoms with van der Waals surface area (Å²) in [5.41, 5.74) is 3.37. The highest BCUT2D eigenvalue weighted by atomic mass is 32.2. The molecule has 2 aromatic carbocycles. The molecule has 3 aromatic heterocycles. The standard InChI is InChI=1S/C49H58N8O8S/c1-31-29-64-30-43(40-6-4-3-5-39(40)33-7-8-33)56(31)36-24-49(25-36)16-19-55(20-17-49)35-9-10-41(44(22-35)65-37-21-34-13-18-50-45(34)52-27-37)47(58)54-66(62,63)38-23-42(57(60)61)46(53-28-38)51-26-32-11-14-48(2,59)15-12-32/h3-6,9-10,13,18,21-23,27-28,31-33,36,43,59H,7-8,11-12,14-17,19-20,24-26,29-30H2,1-2H3,(H,50,52)(H,51,53)(H,54,58)/t31?,32?,43-,48?/m1/s1. The van der Waals surface area contributed by atoms with Gasteiger partial charge in [0.2, 0.25) is 5.82 Å². The summed E-state index contributed by atoms with van der Waals surface area (Å²) in [4.78, 5) is 41.6. The number of benzene rings is 2. The lowest BCUT2D eigenvalue weighted by Crippen LogP contribution is -2.60. The molecule has 1 amide bonds. The fourth-order valence-electron chi connectivity index (χ4n) is 11.0. The Morgan fingerprint density at radius 3 is 2.48 bits per heavy atom. The van der Waals surface area contributed by atoms with Gasteiger partial charge in [0.25, 0.3) is 15.9 Å². The van der Waals surface area contributed by atoms with Crippen molar-refractivity contribution in [3.8, 4) is 11.5 Å². The first-order valence-corrected chi connectivity index (χ1v) is 24.8. The second kappa shape index (κ2) is 17.6. The van der Waals surface area contributed by atoms with Gasteiger partial charge in [-0.25, -0.2) is 23.1 Å². The fraction of sp³-hybridized carbons (Fsp3) is 0.490. The summed E-state index contributed by atoms with van der Waals surface area (Å²) in [5, 5.41) is 26.2. The van der Waals surface area contributed by atoms with Crippen LogP contribution in [0.1, 0.15) is 112 Å². The van der Waals surface area contributed by atoms with E-state index in [9.17, 15) is 28.4 Å². The molecule has 17 heteroatoms. The van der Waals surface area contributed by atoms with Crippen LogP contribution >= 0.6 is 0 Å². The predicted molar refractivity (Wildman–Crippen MR) is 249 cm³/mol. The van der Waals surface area contributed by atoms with Gasteiger partial charge in [0.1, 0.15) is 22.0 Å². The van der Waals surface area contributed by atoms with Crippen LogP contribution in [0.5, 0.6) is 11.5 Å². The molecule has 0 bridgehead atoms. The van der Waals surface area contributed by atoms with Crippen LogP contribution in [-0.2, 0) is 14.8 Å². The van der Waals surface area contributed by atoms with Crippen LogP contribution in [0.2, 0.25) is 0 Å². The third kappa shape index (κ3) is 9.09. The van der Waals surface area contributed by atoms with E-state index in [0.717, 1.165) is 88.2 Å². The minimum Gasteiger partial charge on any atom is -0.455 e. The molecule has 3 aliphatic carbocycles. The summed E-state index contributed by atoms with van der Waals surface area (Å²) in [7, 11) is -4.63.